The fourth-order valence-electron chi connectivity index (χ4n) is 4.11. The van der Waals surface area contributed by atoms with Crippen molar-refractivity contribution in [2.45, 2.75) is 25.4 Å². The molecule has 27 heavy (non-hydrogen) atoms. The number of rotatable bonds is 8. The van der Waals surface area contributed by atoms with Gasteiger partial charge in [0.15, 0.2) is 0 Å². The van der Waals surface area contributed by atoms with Crippen molar-refractivity contribution in [3.05, 3.63) is 66.7 Å². The average Bonchev–Trinajstić information content (AvgIpc) is 2.71. The lowest BCUT2D eigenvalue weighted by Gasteiger charge is -2.34. The number of benzene rings is 3. The van der Waals surface area contributed by atoms with E-state index in [-0.39, 0.29) is 0 Å². The minimum atomic E-state index is -1.86. The molecule has 0 aliphatic rings. The lowest BCUT2D eigenvalue weighted by molar-refractivity contribution is 0.415. The molecule has 2 nitrogen and oxygen atoms in total. The second kappa shape index (κ2) is 8.72. The minimum absolute atomic E-state index is 0.935. The van der Waals surface area contributed by atoms with Gasteiger partial charge < -0.3 is 9.64 Å². The number of nitrogens with zero attached hydrogens (tertiary/aromatic N) is 1. The molecule has 3 aromatic rings. The molecule has 0 N–H and O–H groups in total. The summed E-state index contributed by atoms with van der Waals surface area (Å²) in [5, 5.41) is 5.74. The van der Waals surface area contributed by atoms with Gasteiger partial charge in [-0.3, -0.25) is 0 Å². The predicted molar refractivity (Wildman–Crippen MR) is 120 cm³/mol. The zero-order valence-corrected chi connectivity index (χ0v) is 18.0. The average molecular weight is 378 g/mol. The molecule has 0 saturated carbocycles. The van der Waals surface area contributed by atoms with Gasteiger partial charge in [0.1, 0.15) is 13.8 Å². The summed E-state index contributed by atoms with van der Waals surface area (Å²) in [6, 6.07) is 27.2. The maximum atomic E-state index is 5.41. The van der Waals surface area contributed by atoms with Crippen LogP contribution in [0.15, 0.2) is 66.7 Å². The minimum Gasteiger partial charge on any atom is -0.497 e. The first kappa shape index (κ1) is 19.7. The third-order valence-corrected chi connectivity index (χ3v) is 10.9. The third-order valence-electron chi connectivity index (χ3n) is 5.61. The van der Waals surface area contributed by atoms with E-state index in [0.717, 1.165) is 12.3 Å². The maximum Gasteiger partial charge on any atom is 0.119 e. The van der Waals surface area contributed by atoms with E-state index in [1.54, 1.807) is 12.3 Å². The topological polar surface area (TPSA) is 12.5 Å². The van der Waals surface area contributed by atoms with E-state index in [1.807, 2.05) is 0 Å². The van der Waals surface area contributed by atoms with Gasteiger partial charge in [-0.1, -0.05) is 78.3 Å². The van der Waals surface area contributed by atoms with Crippen LogP contribution in [-0.4, -0.2) is 40.7 Å². The second-order valence-corrected chi connectivity index (χ2v) is 12.0. The molecule has 0 radical (unpaired) electrons. The van der Waals surface area contributed by atoms with Crippen LogP contribution in [0, 0.1) is 0 Å². The lowest BCUT2D eigenvalue weighted by Crippen LogP contribution is -2.59. The SMILES string of the molecule is CCC[Si](CCN(C)C)(c1ccc(OC)cc1)c1ccc2ccccc2c1. The molecule has 0 amide bonds. The van der Waals surface area contributed by atoms with Crippen LogP contribution in [0.3, 0.4) is 0 Å². The van der Waals surface area contributed by atoms with Crippen molar-refractivity contribution in [3.8, 4) is 5.75 Å². The van der Waals surface area contributed by atoms with Crippen LogP contribution in [0.25, 0.3) is 10.8 Å². The Morgan fingerprint density at radius 1 is 0.815 bits per heavy atom. The number of ether oxygens (including phenoxy) is 1. The first-order valence-corrected chi connectivity index (χ1v) is 12.3. The van der Waals surface area contributed by atoms with Crippen LogP contribution in [-0.2, 0) is 0 Å². The fourth-order valence-corrected chi connectivity index (χ4v) is 9.17. The predicted octanol–water partition coefficient (Wildman–Crippen LogP) is 4.38. The van der Waals surface area contributed by atoms with Gasteiger partial charge in [-0.25, -0.2) is 0 Å². The molecular weight excluding hydrogens is 346 g/mol. The highest BCUT2D eigenvalue weighted by molar-refractivity contribution is 7.02. The van der Waals surface area contributed by atoms with Gasteiger partial charge in [0, 0.05) is 0 Å². The van der Waals surface area contributed by atoms with Gasteiger partial charge in [-0.15, -0.1) is 0 Å². The Kier molecular flexibility index (Phi) is 6.35. The van der Waals surface area contributed by atoms with E-state index in [0.29, 0.717) is 0 Å². The highest BCUT2D eigenvalue weighted by Gasteiger charge is 2.36. The van der Waals surface area contributed by atoms with Crippen molar-refractivity contribution in [1.29, 1.82) is 0 Å². The number of hydrogen-bond acceptors (Lipinski definition) is 2. The summed E-state index contributed by atoms with van der Waals surface area (Å²) in [6.45, 7) is 3.44. The van der Waals surface area contributed by atoms with E-state index in [4.69, 9.17) is 4.74 Å². The van der Waals surface area contributed by atoms with Gasteiger partial charge in [-0.2, -0.15) is 0 Å². The smallest absolute Gasteiger partial charge is 0.119 e. The Hall–Kier alpha value is -2.10. The molecule has 0 aromatic heterocycles. The zero-order chi connectivity index (χ0) is 19.3. The molecular formula is C24H31NOSi. The second-order valence-electron chi connectivity index (χ2n) is 7.68. The molecule has 142 valence electrons. The molecule has 3 rings (SSSR count). The molecule has 1 unspecified atom stereocenters. The van der Waals surface area contributed by atoms with E-state index < -0.39 is 8.07 Å². The van der Waals surface area contributed by atoms with Gasteiger partial charge in [0.2, 0.25) is 0 Å². The fraction of sp³-hybridized carbons (Fsp3) is 0.333. The summed E-state index contributed by atoms with van der Waals surface area (Å²) in [6.07, 6.45) is 1.21. The summed E-state index contributed by atoms with van der Waals surface area (Å²) in [7, 11) is 4.24. The van der Waals surface area contributed by atoms with Gasteiger partial charge >= 0.3 is 0 Å². The van der Waals surface area contributed by atoms with Crippen LogP contribution in [0.5, 0.6) is 5.75 Å². The Morgan fingerprint density at radius 3 is 2.11 bits per heavy atom. The molecule has 0 saturated heterocycles. The Morgan fingerprint density at radius 2 is 1.48 bits per heavy atom. The summed E-state index contributed by atoms with van der Waals surface area (Å²) < 4.78 is 5.41. The van der Waals surface area contributed by atoms with Gasteiger partial charge in [-0.05, 0) is 55.6 Å². The molecule has 3 aromatic carbocycles. The van der Waals surface area contributed by atoms with Crippen LogP contribution in [0.2, 0.25) is 12.1 Å². The standard InChI is InChI=1S/C24H31NOSi/c1-5-17-27(18-16-25(2)3,23-14-11-22(26-4)12-15-23)24-13-10-20-8-6-7-9-21(20)19-24/h6-15,19H,5,16-18H2,1-4H3. The summed E-state index contributed by atoms with van der Waals surface area (Å²) in [5.41, 5.74) is 0. The molecule has 0 aliphatic carbocycles. The summed E-state index contributed by atoms with van der Waals surface area (Å²) >= 11 is 0. The van der Waals surface area contributed by atoms with Crippen molar-refractivity contribution in [2.75, 3.05) is 27.7 Å². The highest BCUT2D eigenvalue weighted by Crippen LogP contribution is 2.23. The van der Waals surface area contributed by atoms with Crippen molar-refractivity contribution < 1.29 is 4.74 Å². The van der Waals surface area contributed by atoms with E-state index in [2.05, 4.69) is 92.6 Å². The van der Waals surface area contributed by atoms with E-state index in [9.17, 15) is 0 Å². The summed E-state index contributed by atoms with van der Waals surface area (Å²) in [5.74, 6) is 0.935. The van der Waals surface area contributed by atoms with Crippen molar-refractivity contribution >= 4 is 29.2 Å². The Bertz CT molecular complexity index is 875. The normalized spacial score (nSPS) is 13.7. The third kappa shape index (κ3) is 4.25. The zero-order valence-electron chi connectivity index (χ0n) is 17.0. The molecule has 0 bridgehead atoms. The molecule has 1 atom stereocenters. The maximum absolute atomic E-state index is 5.41. The van der Waals surface area contributed by atoms with Crippen molar-refractivity contribution in [3.63, 3.8) is 0 Å². The monoisotopic (exact) mass is 377 g/mol. The van der Waals surface area contributed by atoms with E-state index in [1.165, 1.54) is 34.5 Å². The number of methoxy groups -OCH3 is 1. The molecule has 3 heteroatoms. The first-order valence-electron chi connectivity index (χ1n) is 9.87. The van der Waals surface area contributed by atoms with Crippen molar-refractivity contribution in [2.24, 2.45) is 0 Å². The van der Waals surface area contributed by atoms with Crippen molar-refractivity contribution in [1.82, 2.24) is 4.90 Å². The number of hydrogen-bond donors (Lipinski definition) is 0. The highest BCUT2D eigenvalue weighted by atomic mass is 28.3. The van der Waals surface area contributed by atoms with Gasteiger partial charge in [0.05, 0.1) is 7.11 Å². The van der Waals surface area contributed by atoms with Crippen LogP contribution in [0.4, 0.5) is 0 Å². The largest absolute Gasteiger partial charge is 0.497 e. The van der Waals surface area contributed by atoms with Gasteiger partial charge in [0.25, 0.3) is 0 Å². The molecule has 0 aliphatic heterocycles. The molecule has 0 spiro atoms. The van der Waals surface area contributed by atoms with Crippen LogP contribution < -0.4 is 15.1 Å². The molecule has 0 fully saturated rings. The van der Waals surface area contributed by atoms with Crippen LogP contribution in [0.1, 0.15) is 13.3 Å². The van der Waals surface area contributed by atoms with E-state index >= 15 is 0 Å². The van der Waals surface area contributed by atoms with Crippen LogP contribution >= 0.6 is 0 Å². The summed E-state index contributed by atoms with van der Waals surface area (Å²) in [4.78, 5) is 2.32. The lowest BCUT2D eigenvalue weighted by atomic mass is 10.1. The first-order chi connectivity index (χ1) is 13.1. The quantitative estimate of drug-likeness (QED) is 0.540. The number of fused-ring (bicyclic) bond motifs is 1. The Balaban J connectivity index is 2.15. The molecule has 0 heterocycles. The Labute approximate surface area is 164 Å².